The Kier molecular flexibility index (Phi) is 5.17. The summed E-state index contributed by atoms with van der Waals surface area (Å²) in [7, 11) is 0. The minimum Gasteiger partial charge on any atom is -0.392 e. The van der Waals surface area contributed by atoms with E-state index in [1.54, 1.807) is 13.0 Å². The third-order valence-electron chi connectivity index (χ3n) is 2.37. The first-order valence-electron chi connectivity index (χ1n) is 5.64. The Morgan fingerprint density at radius 2 is 1.94 bits per heavy atom. The molecule has 1 aromatic rings. The van der Waals surface area contributed by atoms with Crippen LogP contribution in [0, 0.1) is 0 Å². The molecule has 0 amide bonds. The summed E-state index contributed by atoms with van der Waals surface area (Å²) in [6.07, 6.45) is -0.383. The van der Waals surface area contributed by atoms with Crippen molar-refractivity contribution in [2.75, 3.05) is 5.43 Å². The van der Waals surface area contributed by atoms with E-state index in [1.165, 1.54) is 11.8 Å². The minimum atomic E-state index is -0.383. The number of thioether (sulfide) groups is 1. The van der Waals surface area contributed by atoms with Gasteiger partial charge in [-0.15, -0.1) is 11.8 Å². The van der Waals surface area contributed by atoms with Crippen molar-refractivity contribution in [1.29, 1.82) is 0 Å². The Labute approximate surface area is 106 Å². The zero-order valence-electron chi connectivity index (χ0n) is 10.6. The van der Waals surface area contributed by atoms with E-state index in [4.69, 9.17) is 5.84 Å². The summed E-state index contributed by atoms with van der Waals surface area (Å²) >= 11 is 1.52. The predicted molar refractivity (Wildman–Crippen MR) is 70.9 cm³/mol. The van der Waals surface area contributed by atoms with Gasteiger partial charge in [0.05, 0.1) is 6.10 Å². The van der Waals surface area contributed by atoms with Gasteiger partial charge in [0.15, 0.2) is 0 Å². The minimum absolute atomic E-state index is 0.0792. The second-order valence-corrected chi connectivity index (χ2v) is 5.71. The highest BCUT2D eigenvalue weighted by molar-refractivity contribution is 7.99. The fraction of sp³-hybridized carbons (Fsp3) is 0.636. The highest BCUT2D eigenvalue weighted by Gasteiger charge is 2.14. The van der Waals surface area contributed by atoms with Gasteiger partial charge < -0.3 is 10.5 Å². The maximum absolute atomic E-state index is 9.48. The van der Waals surface area contributed by atoms with Crippen molar-refractivity contribution in [3.8, 4) is 0 Å². The molecule has 0 radical (unpaired) electrons. The summed E-state index contributed by atoms with van der Waals surface area (Å²) in [6, 6.07) is 1.79. The SMILES string of the molecule is CC(C)c1nc(NN)cc(SC(C)C(C)O)n1. The van der Waals surface area contributed by atoms with Crippen LogP contribution in [0.1, 0.15) is 39.4 Å². The second-order valence-electron chi connectivity index (χ2n) is 4.31. The molecule has 0 fully saturated rings. The Morgan fingerprint density at radius 1 is 1.29 bits per heavy atom. The number of nitrogens with one attached hydrogen (secondary N) is 1. The molecule has 0 saturated heterocycles. The van der Waals surface area contributed by atoms with Crippen LogP contribution in [0.25, 0.3) is 0 Å². The van der Waals surface area contributed by atoms with Gasteiger partial charge in [0.2, 0.25) is 0 Å². The predicted octanol–water partition coefficient (Wildman–Crippen LogP) is 1.75. The fourth-order valence-electron chi connectivity index (χ4n) is 1.12. The van der Waals surface area contributed by atoms with Crippen LogP contribution in [0.3, 0.4) is 0 Å². The standard InChI is InChI=1S/C11H20N4OS/c1-6(2)11-13-9(15-12)5-10(14-11)17-8(4)7(3)16/h5-8,16H,12H2,1-4H3,(H,13,14,15). The number of hydrogen-bond donors (Lipinski definition) is 3. The lowest BCUT2D eigenvalue weighted by Crippen LogP contribution is -2.16. The van der Waals surface area contributed by atoms with Gasteiger partial charge >= 0.3 is 0 Å². The van der Waals surface area contributed by atoms with E-state index < -0.39 is 0 Å². The quantitative estimate of drug-likeness (QED) is 0.322. The van der Waals surface area contributed by atoms with E-state index in [0.717, 1.165) is 10.9 Å². The highest BCUT2D eigenvalue weighted by atomic mass is 32.2. The lowest BCUT2D eigenvalue weighted by Gasteiger charge is -2.15. The van der Waals surface area contributed by atoms with Gasteiger partial charge in [-0.25, -0.2) is 15.8 Å². The number of hydrazine groups is 1. The molecule has 0 saturated carbocycles. The summed E-state index contributed by atoms with van der Waals surface area (Å²) in [6.45, 7) is 7.79. The van der Waals surface area contributed by atoms with Gasteiger partial charge in [-0.2, -0.15) is 0 Å². The molecular formula is C11H20N4OS. The van der Waals surface area contributed by atoms with Crippen LogP contribution < -0.4 is 11.3 Å². The number of hydrogen-bond acceptors (Lipinski definition) is 6. The van der Waals surface area contributed by atoms with Crippen LogP contribution in [0.15, 0.2) is 11.1 Å². The lowest BCUT2D eigenvalue weighted by atomic mass is 10.2. The number of rotatable bonds is 5. The Bertz CT molecular complexity index is 370. The average molecular weight is 256 g/mol. The molecule has 0 spiro atoms. The highest BCUT2D eigenvalue weighted by Crippen LogP contribution is 2.26. The third-order valence-corrected chi connectivity index (χ3v) is 3.59. The van der Waals surface area contributed by atoms with Crippen molar-refractivity contribution < 1.29 is 5.11 Å². The van der Waals surface area contributed by atoms with Gasteiger partial charge in [-0.1, -0.05) is 20.8 Å². The fourth-order valence-corrected chi connectivity index (χ4v) is 2.03. The van der Waals surface area contributed by atoms with Crippen molar-refractivity contribution in [3.63, 3.8) is 0 Å². The molecule has 1 heterocycles. The van der Waals surface area contributed by atoms with Crippen LogP contribution >= 0.6 is 11.8 Å². The van der Waals surface area contributed by atoms with Gasteiger partial charge in [0.25, 0.3) is 0 Å². The van der Waals surface area contributed by atoms with Crippen molar-refractivity contribution in [2.24, 2.45) is 5.84 Å². The van der Waals surface area contributed by atoms with Crippen molar-refractivity contribution in [1.82, 2.24) is 9.97 Å². The van der Waals surface area contributed by atoms with Gasteiger partial charge in [-0.05, 0) is 6.92 Å². The first-order valence-corrected chi connectivity index (χ1v) is 6.52. The van der Waals surface area contributed by atoms with E-state index in [1.807, 2.05) is 20.8 Å². The van der Waals surface area contributed by atoms with E-state index in [9.17, 15) is 5.11 Å². The largest absolute Gasteiger partial charge is 0.392 e. The summed E-state index contributed by atoms with van der Waals surface area (Å²) in [5.41, 5.74) is 2.54. The van der Waals surface area contributed by atoms with Crippen molar-refractivity contribution in [3.05, 3.63) is 11.9 Å². The van der Waals surface area contributed by atoms with Crippen molar-refractivity contribution >= 4 is 17.6 Å². The lowest BCUT2D eigenvalue weighted by molar-refractivity contribution is 0.196. The molecule has 17 heavy (non-hydrogen) atoms. The summed E-state index contributed by atoms with van der Waals surface area (Å²) in [5, 5.41) is 10.4. The molecular weight excluding hydrogens is 236 g/mol. The molecule has 2 atom stereocenters. The van der Waals surface area contributed by atoms with E-state index in [-0.39, 0.29) is 17.3 Å². The van der Waals surface area contributed by atoms with E-state index in [2.05, 4.69) is 15.4 Å². The first kappa shape index (κ1) is 14.2. The number of nitrogens with two attached hydrogens (primary N) is 1. The number of aromatic nitrogens is 2. The summed E-state index contributed by atoms with van der Waals surface area (Å²) < 4.78 is 0. The molecule has 96 valence electrons. The topological polar surface area (TPSA) is 84.1 Å². The molecule has 0 bridgehead atoms. The molecule has 0 aromatic carbocycles. The molecule has 5 nitrogen and oxygen atoms in total. The van der Waals surface area contributed by atoms with Crippen molar-refractivity contribution in [2.45, 2.75) is 50.0 Å². The van der Waals surface area contributed by atoms with Crippen LogP contribution in [-0.2, 0) is 0 Å². The molecule has 0 aliphatic carbocycles. The number of nitrogens with zero attached hydrogens (tertiary/aromatic N) is 2. The maximum Gasteiger partial charge on any atom is 0.144 e. The smallest absolute Gasteiger partial charge is 0.144 e. The summed E-state index contributed by atoms with van der Waals surface area (Å²) in [4.78, 5) is 8.73. The Balaban J connectivity index is 2.94. The van der Waals surface area contributed by atoms with Crippen LogP contribution in [0.2, 0.25) is 0 Å². The monoisotopic (exact) mass is 256 g/mol. The third kappa shape index (κ3) is 4.14. The molecule has 6 heteroatoms. The number of nitrogen functional groups attached to an aromatic ring is 1. The molecule has 2 unspecified atom stereocenters. The zero-order chi connectivity index (χ0) is 13.0. The molecule has 1 rings (SSSR count). The molecule has 0 aliphatic heterocycles. The molecule has 4 N–H and O–H groups in total. The van der Waals surface area contributed by atoms with E-state index >= 15 is 0 Å². The number of aliphatic hydroxyl groups is 1. The first-order chi connectivity index (χ1) is 7.93. The van der Waals surface area contributed by atoms with Gasteiger partial charge in [0.1, 0.15) is 16.7 Å². The average Bonchev–Trinajstić information content (AvgIpc) is 2.28. The van der Waals surface area contributed by atoms with Gasteiger partial charge in [-0.3, -0.25) is 0 Å². The van der Waals surface area contributed by atoms with Gasteiger partial charge in [0, 0.05) is 17.2 Å². The number of anilines is 1. The molecule has 0 aliphatic rings. The second kappa shape index (κ2) is 6.18. The van der Waals surface area contributed by atoms with Crippen LogP contribution in [-0.4, -0.2) is 26.4 Å². The Morgan fingerprint density at radius 3 is 2.41 bits per heavy atom. The van der Waals surface area contributed by atoms with Crippen LogP contribution in [0.5, 0.6) is 0 Å². The van der Waals surface area contributed by atoms with E-state index in [0.29, 0.717) is 5.82 Å². The summed E-state index contributed by atoms with van der Waals surface area (Å²) in [5.74, 6) is 6.97. The van der Waals surface area contributed by atoms with Crippen LogP contribution in [0.4, 0.5) is 5.82 Å². The zero-order valence-corrected chi connectivity index (χ0v) is 11.5. The molecule has 1 aromatic heterocycles. The Hall–Kier alpha value is -0.850. The number of aliphatic hydroxyl groups excluding tert-OH is 1. The maximum atomic E-state index is 9.48. The normalized spacial score (nSPS) is 14.8.